The first kappa shape index (κ1) is 24.8. The number of rotatable bonds is 6. The van der Waals surface area contributed by atoms with Gasteiger partial charge in [-0.05, 0) is 49.7 Å². The topological polar surface area (TPSA) is 62.2 Å². The molecule has 2 N–H and O–H groups in total. The zero-order valence-electron chi connectivity index (χ0n) is 20.4. The second kappa shape index (κ2) is 10.6. The molecule has 2 aromatic carbocycles. The molecule has 0 bridgehead atoms. The van der Waals surface area contributed by atoms with E-state index < -0.39 is 0 Å². The van der Waals surface area contributed by atoms with Crippen LogP contribution in [0.1, 0.15) is 19.4 Å². The van der Waals surface area contributed by atoms with E-state index in [2.05, 4.69) is 51.7 Å². The number of piperazine rings is 1. The Balaban J connectivity index is 1.42. The van der Waals surface area contributed by atoms with Crippen molar-refractivity contribution < 1.29 is 0 Å². The van der Waals surface area contributed by atoms with Crippen molar-refractivity contribution in [1.82, 2.24) is 19.8 Å². The standard InChI is InChI=1S/C28H29Cl2N5O/c1-3-35-25-14-26(33-21-9-7-19(8-10-21)17-34-12-11-31-15-18(34)2)32-16-20(25)13-22(28(35)36)27-23(29)5-4-6-24(27)30/h4-10,13-14,16,18,31H,3,11-12,15,17H2,1-2H3,(H,32,33). The van der Waals surface area contributed by atoms with Gasteiger partial charge in [0.25, 0.3) is 5.56 Å². The van der Waals surface area contributed by atoms with E-state index in [9.17, 15) is 4.79 Å². The maximum atomic E-state index is 13.4. The number of benzene rings is 2. The monoisotopic (exact) mass is 521 g/mol. The van der Waals surface area contributed by atoms with E-state index in [1.807, 2.05) is 19.1 Å². The van der Waals surface area contributed by atoms with E-state index in [1.54, 1.807) is 29.0 Å². The van der Waals surface area contributed by atoms with Crippen molar-refractivity contribution in [3.8, 4) is 11.1 Å². The molecule has 1 unspecified atom stereocenters. The molecule has 36 heavy (non-hydrogen) atoms. The van der Waals surface area contributed by atoms with Crippen LogP contribution in [0.15, 0.2) is 65.6 Å². The predicted molar refractivity (Wildman–Crippen MR) is 150 cm³/mol. The number of fused-ring (bicyclic) bond motifs is 1. The number of hydrogen-bond acceptors (Lipinski definition) is 5. The highest BCUT2D eigenvalue weighted by molar-refractivity contribution is 6.39. The van der Waals surface area contributed by atoms with Crippen LogP contribution in [0.4, 0.5) is 11.5 Å². The highest BCUT2D eigenvalue weighted by Gasteiger charge is 2.18. The van der Waals surface area contributed by atoms with Crippen LogP contribution in [0.2, 0.25) is 10.0 Å². The van der Waals surface area contributed by atoms with Gasteiger partial charge in [0.15, 0.2) is 0 Å². The third-order valence-corrected chi connectivity index (χ3v) is 7.41. The van der Waals surface area contributed by atoms with E-state index in [0.29, 0.717) is 39.6 Å². The fourth-order valence-corrected chi connectivity index (χ4v) is 5.38. The van der Waals surface area contributed by atoms with E-state index in [-0.39, 0.29) is 5.56 Å². The van der Waals surface area contributed by atoms with Gasteiger partial charge in [-0.3, -0.25) is 9.69 Å². The lowest BCUT2D eigenvalue weighted by atomic mass is 10.0. The van der Waals surface area contributed by atoms with Crippen molar-refractivity contribution in [2.75, 3.05) is 25.0 Å². The van der Waals surface area contributed by atoms with Gasteiger partial charge in [-0.15, -0.1) is 0 Å². The molecule has 1 aliphatic rings. The maximum Gasteiger partial charge on any atom is 0.259 e. The van der Waals surface area contributed by atoms with Crippen molar-refractivity contribution >= 4 is 45.6 Å². The molecule has 1 fully saturated rings. The van der Waals surface area contributed by atoms with E-state index >= 15 is 0 Å². The quantitative estimate of drug-likeness (QED) is 0.329. The second-order valence-electron chi connectivity index (χ2n) is 9.18. The summed E-state index contributed by atoms with van der Waals surface area (Å²) in [5.74, 6) is 0.677. The molecular weight excluding hydrogens is 493 g/mol. The van der Waals surface area contributed by atoms with E-state index in [1.165, 1.54) is 5.56 Å². The van der Waals surface area contributed by atoms with E-state index in [4.69, 9.17) is 23.2 Å². The van der Waals surface area contributed by atoms with Crippen molar-refractivity contribution in [2.24, 2.45) is 0 Å². The summed E-state index contributed by atoms with van der Waals surface area (Å²) in [7, 11) is 0. The number of anilines is 2. The predicted octanol–water partition coefficient (Wildman–Crippen LogP) is 5.93. The van der Waals surface area contributed by atoms with Gasteiger partial charge in [-0.1, -0.05) is 41.4 Å². The minimum atomic E-state index is -0.136. The lowest BCUT2D eigenvalue weighted by molar-refractivity contribution is 0.165. The van der Waals surface area contributed by atoms with Gasteiger partial charge < -0.3 is 15.2 Å². The van der Waals surface area contributed by atoms with Crippen molar-refractivity contribution in [3.05, 3.63) is 86.8 Å². The van der Waals surface area contributed by atoms with Crippen LogP contribution in [0, 0.1) is 0 Å². The molecule has 186 valence electrons. The number of nitrogens with zero attached hydrogens (tertiary/aromatic N) is 3. The van der Waals surface area contributed by atoms with Gasteiger partial charge in [-0.2, -0.15) is 0 Å². The second-order valence-corrected chi connectivity index (χ2v) is 9.99. The number of aromatic nitrogens is 2. The van der Waals surface area contributed by atoms with Gasteiger partial charge in [0, 0.05) is 67.7 Å². The summed E-state index contributed by atoms with van der Waals surface area (Å²) in [6, 6.07) is 18.0. The fourth-order valence-electron chi connectivity index (χ4n) is 4.78. The summed E-state index contributed by atoms with van der Waals surface area (Å²) >= 11 is 12.8. The number of aryl methyl sites for hydroxylation is 1. The summed E-state index contributed by atoms with van der Waals surface area (Å²) < 4.78 is 1.73. The van der Waals surface area contributed by atoms with Crippen LogP contribution >= 0.6 is 23.2 Å². The van der Waals surface area contributed by atoms with Crippen LogP contribution in [-0.4, -0.2) is 40.1 Å². The normalized spacial score (nSPS) is 16.4. The third-order valence-electron chi connectivity index (χ3n) is 6.78. The van der Waals surface area contributed by atoms with Crippen LogP contribution in [-0.2, 0) is 13.1 Å². The molecule has 8 heteroatoms. The zero-order valence-corrected chi connectivity index (χ0v) is 21.9. The molecule has 1 saturated heterocycles. The number of nitrogens with one attached hydrogen (secondary N) is 2. The van der Waals surface area contributed by atoms with Gasteiger partial charge in [0.1, 0.15) is 5.82 Å². The number of pyridine rings is 2. The molecule has 3 heterocycles. The van der Waals surface area contributed by atoms with Gasteiger partial charge in [0.05, 0.1) is 21.1 Å². The highest BCUT2D eigenvalue weighted by Crippen LogP contribution is 2.34. The minimum absolute atomic E-state index is 0.136. The molecule has 2 aromatic heterocycles. The van der Waals surface area contributed by atoms with Gasteiger partial charge in [0.2, 0.25) is 0 Å². The summed E-state index contributed by atoms with van der Waals surface area (Å²) in [5, 5.41) is 8.55. The smallest absolute Gasteiger partial charge is 0.259 e. The summed E-state index contributed by atoms with van der Waals surface area (Å²) in [6.45, 7) is 8.79. The molecule has 0 radical (unpaired) electrons. The average Bonchev–Trinajstić information content (AvgIpc) is 2.87. The van der Waals surface area contributed by atoms with Crippen LogP contribution in [0.25, 0.3) is 22.0 Å². The van der Waals surface area contributed by atoms with Gasteiger partial charge >= 0.3 is 0 Å². The lowest BCUT2D eigenvalue weighted by Crippen LogP contribution is -2.49. The Hall–Kier alpha value is -2.90. The zero-order chi connectivity index (χ0) is 25.2. The summed E-state index contributed by atoms with van der Waals surface area (Å²) in [6.07, 6.45) is 1.78. The molecule has 1 aliphatic heterocycles. The Morgan fingerprint density at radius 3 is 2.56 bits per heavy atom. The molecule has 0 saturated carbocycles. The van der Waals surface area contributed by atoms with Crippen LogP contribution in [0.5, 0.6) is 0 Å². The molecular formula is C28H29Cl2N5O. The maximum absolute atomic E-state index is 13.4. The molecule has 1 atom stereocenters. The first-order valence-electron chi connectivity index (χ1n) is 12.2. The molecule has 0 spiro atoms. The highest BCUT2D eigenvalue weighted by atomic mass is 35.5. The summed E-state index contributed by atoms with van der Waals surface area (Å²) in [4.78, 5) is 20.5. The molecule has 0 aliphatic carbocycles. The van der Waals surface area contributed by atoms with Crippen molar-refractivity contribution in [3.63, 3.8) is 0 Å². The Morgan fingerprint density at radius 2 is 1.86 bits per heavy atom. The number of hydrogen-bond donors (Lipinski definition) is 2. The summed E-state index contributed by atoms with van der Waals surface area (Å²) in [5.41, 5.74) is 3.92. The first-order chi connectivity index (χ1) is 17.4. The Labute approximate surface area is 220 Å². The largest absolute Gasteiger partial charge is 0.340 e. The molecule has 5 rings (SSSR count). The SMILES string of the molecule is CCn1c(=O)c(-c2c(Cl)cccc2Cl)cc2cnc(Nc3ccc(CN4CCNCC4C)cc3)cc21. The average molecular weight is 522 g/mol. The third kappa shape index (κ3) is 5.00. The fraction of sp³-hybridized carbons (Fsp3) is 0.286. The lowest BCUT2D eigenvalue weighted by Gasteiger charge is -2.33. The Morgan fingerprint density at radius 1 is 1.11 bits per heavy atom. The van der Waals surface area contributed by atoms with E-state index in [0.717, 1.165) is 42.8 Å². The minimum Gasteiger partial charge on any atom is -0.340 e. The number of halogens is 2. The van der Waals surface area contributed by atoms with Crippen molar-refractivity contribution in [2.45, 2.75) is 33.0 Å². The van der Waals surface area contributed by atoms with Crippen LogP contribution in [0.3, 0.4) is 0 Å². The molecule has 6 nitrogen and oxygen atoms in total. The first-order valence-corrected chi connectivity index (χ1v) is 13.0. The molecule has 4 aromatic rings. The van der Waals surface area contributed by atoms with Crippen molar-refractivity contribution in [1.29, 1.82) is 0 Å². The Bertz CT molecular complexity index is 1430. The van der Waals surface area contributed by atoms with Gasteiger partial charge in [-0.25, -0.2) is 4.98 Å². The molecule has 0 amide bonds. The van der Waals surface area contributed by atoms with Crippen LogP contribution < -0.4 is 16.2 Å². The Kier molecular flexibility index (Phi) is 7.30.